The monoisotopic (exact) mass is 225 g/mol. The van der Waals surface area contributed by atoms with Crippen molar-refractivity contribution in [2.45, 2.75) is 25.9 Å². The molecule has 0 bridgehead atoms. The predicted molar refractivity (Wildman–Crippen MR) is 61.5 cm³/mol. The van der Waals surface area contributed by atoms with Crippen LogP contribution in [0.2, 0.25) is 0 Å². The van der Waals surface area contributed by atoms with Gasteiger partial charge in [0, 0.05) is 25.0 Å². The highest BCUT2D eigenvalue weighted by atomic mass is 16.5. The first-order chi connectivity index (χ1) is 7.77. The SMILES string of the molecule is CCOCCCC(O)c1cncc(OC)c1. The maximum absolute atomic E-state index is 9.89. The minimum Gasteiger partial charge on any atom is -0.495 e. The van der Waals surface area contributed by atoms with Gasteiger partial charge in [0.05, 0.1) is 19.4 Å². The molecule has 1 aromatic heterocycles. The van der Waals surface area contributed by atoms with Gasteiger partial charge in [0.2, 0.25) is 0 Å². The van der Waals surface area contributed by atoms with Gasteiger partial charge in [-0.05, 0) is 25.8 Å². The molecule has 1 heterocycles. The van der Waals surface area contributed by atoms with E-state index in [2.05, 4.69) is 4.98 Å². The Labute approximate surface area is 96.2 Å². The summed E-state index contributed by atoms with van der Waals surface area (Å²) in [7, 11) is 1.59. The predicted octanol–water partition coefficient (Wildman–Crippen LogP) is 1.94. The molecule has 4 heteroatoms. The van der Waals surface area contributed by atoms with E-state index in [0.29, 0.717) is 18.8 Å². The number of methoxy groups -OCH3 is 1. The molecule has 0 radical (unpaired) electrons. The van der Waals surface area contributed by atoms with Crippen molar-refractivity contribution in [3.63, 3.8) is 0 Å². The molecule has 0 aliphatic rings. The second kappa shape index (κ2) is 7.19. The van der Waals surface area contributed by atoms with Gasteiger partial charge in [-0.2, -0.15) is 0 Å². The third-order valence-corrected chi connectivity index (χ3v) is 2.33. The van der Waals surface area contributed by atoms with Crippen LogP contribution in [0, 0.1) is 0 Å². The molecule has 0 saturated heterocycles. The largest absolute Gasteiger partial charge is 0.495 e. The van der Waals surface area contributed by atoms with Crippen LogP contribution >= 0.6 is 0 Å². The lowest BCUT2D eigenvalue weighted by atomic mass is 10.1. The minimum absolute atomic E-state index is 0.497. The van der Waals surface area contributed by atoms with Crippen molar-refractivity contribution in [2.24, 2.45) is 0 Å². The van der Waals surface area contributed by atoms with Crippen molar-refractivity contribution in [3.05, 3.63) is 24.0 Å². The van der Waals surface area contributed by atoms with Gasteiger partial charge in [-0.1, -0.05) is 0 Å². The number of aromatic nitrogens is 1. The van der Waals surface area contributed by atoms with Crippen molar-refractivity contribution >= 4 is 0 Å². The normalized spacial score (nSPS) is 12.4. The Morgan fingerprint density at radius 1 is 1.44 bits per heavy atom. The van der Waals surface area contributed by atoms with E-state index in [9.17, 15) is 5.11 Å². The molecule has 4 nitrogen and oxygen atoms in total. The first kappa shape index (κ1) is 12.9. The Morgan fingerprint density at radius 3 is 2.94 bits per heavy atom. The van der Waals surface area contributed by atoms with E-state index < -0.39 is 6.10 Å². The number of aliphatic hydroxyl groups is 1. The maximum atomic E-state index is 9.89. The molecular formula is C12H19NO3. The molecule has 0 spiro atoms. The van der Waals surface area contributed by atoms with Crippen molar-refractivity contribution < 1.29 is 14.6 Å². The summed E-state index contributed by atoms with van der Waals surface area (Å²) in [5.74, 6) is 0.668. The zero-order valence-corrected chi connectivity index (χ0v) is 9.85. The van der Waals surface area contributed by atoms with Crippen LogP contribution in [0.15, 0.2) is 18.5 Å². The number of nitrogens with zero attached hydrogens (tertiary/aromatic N) is 1. The Bertz CT molecular complexity index is 304. The first-order valence-corrected chi connectivity index (χ1v) is 5.52. The van der Waals surface area contributed by atoms with E-state index in [0.717, 1.165) is 18.6 Å². The van der Waals surface area contributed by atoms with Crippen molar-refractivity contribution in [1.82, 2.24) is 4.98 Å². The lowest BCUT2D eigenvalue weighted by Gasteiger charge is -2.11. The summed E-state index contributed by atoms with van der Waals surface area (Å²) in [6, 6.07) is 1.80. The summed E-state index contributed by atoms with van der Waals surface area (Å²) in [5.41, 5.74) is 0.788. The lowest BCUT2D eigenvalue weighted by Crippen LogP contribution is -2.02. The Morgan fingerprint density at radius 2 is 2.25 bits per heavy atom. The Hall–Kier alpha value is -1.13. The summed E-state index contributed by atoms with van der Waals surface area (Å²) in [4.78, 5) is 4.00. The molecule has 0 aromatic carbocycles. The maximum Gasteiger partial charge on any atom is 0.137 e. The van der Waals surface area contributed by atoms with E-state index in [1.165, 1.54) is 0 Å². The standard InChI is InChI=1S/C12H19NO3/c1-3-16-6-4-5-12(14)10-7-11(15-2)9-13-8-10/h7-9,12,14H,3-6H2,1-2H3. The lowest BCUT2D eigenvalue weighted by molar-refractivity contribution is 0.114. The number of hydrogen-bond donors (Lipinski definition) is 1. The molecule has 0 aliphatic carbocycles. The van der Waals surface area contributed by atoms with E-state index in [-0.39, 0.29) is 0 Å². The molecule has 0 saturated carbocycles. The Kier molecular flexibility index (Phi) is 5.82. The van der Waals surface area contributed by atoms with Crippen molar-refractivity contribution in [1.29, 1.82) is 0 Å². The van der Waals surface area contributed by atoms with Crippen LogP contribution in [0.1, 0.15) is 31.4 Å². The third-order valence-electron chi connectivity index (χ3n) is 2.33. The smallest absolute Gasteiger partial charge is 0.137 e. The molecule has 1 rings (SSSR count). The van der Waals surface area contributed by atoms with E-state index in [4.69, 9.17) is 9.47 Å². The van der Waals surface area contributed by atoms with Crippen LogP contribution in [0.25, 0.3) is 0 Å². The van der Waals surface area contributed by atoms with E-state index >= 15 is 0 Å². The summed E-state index contributed by atoms with van der Waals surface area (Å²) >= 11 is 0. The van der Waals surface area contributed by atoms with Crippen LogP contribution in [0.4, 0.5) is 0 Å². The van der Waals surface area contributed by atoms with Crippen LogP contribution in [0.3, 0.4) is 0 Å². The highest BCUT2D eigenvalue weighted by Gasteiger charge is 2.08. The van der Waals surface area contributed by atoms with Gasteiger partial charge in [0.25, 0.3) is 0 Å². The van der Waals surface area contributed by atoms with Gasteiger partial charge in [-0.3, -0.25) is 4.98 Å². The summed E-state index contributed by atoms with van der Waals surface area (Å²) in [6.07, 6.45) is 4.30. The van der Waals surface area contributed by atoms with E-state index in [1.54, 1.807) is 25.6 Å². The van der Waals surface area contributed by atoms with Crippen molar-refractivity contribution in [2.75, 3.05) is 20.3 Å². The van der Waals surface area contributed by atoms with Crippen molar-refractivity contribution in [3.8, 4) is 5.75 Å². The molecule has 1 unspecified atom stereocenters. The van der Waals surface area contributed by atoms with Crippen LogP contribution < -0.4 is 4.74 Å². The Balaban J connectivity index is 2.42. The van der Waals surface area contributed by atoms with E-state index in [1.807, 2.05) is 6.92 Å². The minimum atomic E-state index is -0.497. The van der Waals surface area contributed by atoms with Crippen LogP contribution in [0.5, 0.6) is 5.75 Å². The fourth-order valence-corrected chi connectivity index (χ4v) is 1.42. The quantitative estimate of drug-likeness (QED) is 0.720. The number of pyridine rings is 1. The number of aliphatic hydroxyl groups excluding tert-OH is 1. The van der Waals surface area contributed by atoms with Gasteiger partial charge >= 0.3 is 0 Å². The van der Waals surface area contributed by atoms with Gasteiger partial charge in [0.1, 0.15) is 5.75 Å². The fourth-order valence-electron chi connectivity index (χ4n) is 1.42. The van der Waals surface area contributed by atoms with Crippen LogP contribution in [-0.2, 0) is 4.74 Å². The van der Waals surface area contributed by atoms with Gasteiger partial charge in [0.15, 0.2) is 0 Å². The second-order valence-corrected chi connectivity index (χ2v) is 3.51. The molecule has 1 atom stereocenters. The third kappa shape index (κ3) is 4.16. The molecule has 1 N–H and O–H groups in total. The average Bonchev–Trinajstić information content (AvgIpc) is 2.34. The molecule has 0 amide bonds. The highest BCUT2D eigenvalue weighted by Crippen LogP contribution is 2.21. The summed E-state index contributed by atoms with van der Waals surface area (Å²) < 4.78 is 10.3. The first-order valence-electron chi connectivity index (χ1n) is 5.52. The molecule has 0 fully saturated rings. The number of hydrogen-bond acceptors (Lipinski definition) is 4. The highest BCUT2D eigenvalue weighted by molar-refractivity contribution is 5.24. The number of ether oxygens (including phenoxy) is 2. The fraction of sp³-hybridized carbons (Fsp3) is 0.583. The average molecular weight is 225 g/mol. The number of rotatable bonds is 7. The molecule has 1 aromatic rings. The van der Waals surface area contributed by atoms with Crippen LogP contribution in [-0.4, -0.2) is 30.4 Å². The summed E-state index contributed by atoms with van der Waals surface area (Å²) in [6.45, 7) is 3.37. The second-order valence-electron chi connectivity index (χ2n) is 3.51. The molecule has 0 aliphatic heterocycles. The zero-order chi connectivity index (χ0) is 11.8. The topological polar surface area (TPSA) is 51.6 Å². The molecular weight excluding hydrogens is 206 g/mol. The van der Waals surface area contributed by atoms with Gasteiger partial charge in [-0.25, -0.2) is 0 Å². The zero-order valence-electron chi connectivity index (χ0n) is 9.85. The van der Waals surface area contributed by atoms with Gasteiger partial charge < -0.3 is 14.6 Å². The molecule has 90 valence electrons. The molecule has 16 heavy (non-hydrogen) atoms. The van der Waals surface area contributed by atoms with Gasteiger partial charge in [-0.15, -0.1) is 0 Å². The summed E-state index contributed by atoms with van der Waals surface area (Å²) in [5, 5.41) is 9.89.